The molecule has 106 valence electrons. The third-order valence-electron chi connectivity index (χ3n) is 2.59. The first kappa shape index (κ1) is 18.1. The van der Waals surface area contributed by atoms with Gasteiger partial charge in [-0.25, -0.2) is 0 Å². The summed E-state index contributed by atoms with van der Waals surface area (Å²) in [5.74, 6) is 2.44. The molecule has 0 bridgehead atoms. The second kappa shape index (κ2) is 6.49. The normalized spacial score (nSPS) is 13.0. The lowest BCUT2D eigenvalue weighted by Gasteiger charge is -2.18. The molecule has 0 fully saturated rings. The summed E-state index contributed by atoms with van der Waals surface area (Å²) in [5, 5.41) is 1.02. The molecule has 0 amide bonds. The first-order valence-corrected chi connectivity index (χ1v) is 13.6. The molecule has 0 rings (SSSR count). The van der Waals surface area contributed by atoms with Crippen LogP contribution in [0.15, 0.2) is 11.3 Å². The average Bonchev–Trinajstić information content (AvgIpc) is 2.12. The fraction of sp³-hybridized carbons (Fsp3) is 0.600. The number of allylic oxidation sites excluding steroid dienone is 2. The largest absolute Gasteiger partial charge is 0.299 e. The van der Waals surface area contributed by atoms with Crippen LogP contribution in [0.3, 0.4) is 0 Å². The molecular weight excluding hydrogens is 268 g/mol. The third kappa shape index (κ3) is 7.29. The molecule has 0 aromatic rings. The second-order valence-corrected chi connectivity index (χ2v) is 16.8. The van der Waals surface area contributed by atoms with E-state index < -0.39 is 22.1 Å². The Kier molecular flexibility index (Phi) is 6.17. The van der Waals surface area contributed by atoms with Gasteiger partial charge in [-0.3, -0.25) is 9.59 Å². The quantitative estimate of drug-likeness (QED) is 0.452. The highest BCUT2D eigenvalue weighted by atomic mass is 28.3. The average molecular weight is 295 g/mol. The van der Waals surface area contributed by atoms with Gasteiger partial charge in [0.25, 0.3) is 0 Å². The lowest BCUT2D eigenvalue weighted by atomic mass is 10.0. The van der Waals surface area contributed by atoms with E-state index in [0.717, 1.165) is 5.20 Å². The molecule has 0 aromatic carbocycles. The maximum Gasteiger partial charge on any atom is 0.144 e. The molecule has 0 N–H and O–H groups in total. The molecule has 0 aliphatic heterocycles. The molecule has 4 heteroatoms. The number of carbonyl (C=O) groups is 2. The summed E-state index contributed by atoms with van der Waals surface area (Å²) in [6.45, 7) is 16.1. The maximum atomic E-state index is 11.6. The number of carbonyl (C=O) groups excluding carboxylic acids is 2. The minimum atomic E-state index is -1.64. The van der Waals surface area contributed by atoms with E-state index in [1.165, 1.54) is 13.8 Å². The van der Waals surface area contributed by atoms with Crippen molar-refractivity contribution in [2.45, 2.75) is 53.1 Å². The molecule has 0 unspecified atom stereocenters. The summed E-state index contributed by atoms with van der Waals surface area (Å²) < 4.78 is 0. The predicted molar refractivity (Wildman–Crippen MR) is 87.4 cm³/mol. The van der Waals surface area contributed by atoms with Crippen molar-refractivity contribution in [3.63, 3.8) is 0 Å². The van der Waals surface area contributed by atoms with Crippen molar-refractivity contribution in [2.75, 3.05) is 0 Å². The summed E-state index contributed by atoms with van der Waals surface area (Å²) in [5.41, 5.74) is 3.34. The van der Waals surface area contributed by atoms with E-state index in [2.05, 4.69) is 50.7 Å². The molecule has 0 aliphatic rings. The molecule has 0 aromatic heterocycles. The summed E-state index contributed by atoms with van der Waals surface area (Å²) >= 11 is 0. The molecule has 2 nitrogen and oxygen atoms in total. The lowest BCUT2D eigenvalue weighted by molar-refractivity contribution is -0.128. The first-order chi connectivity index (χ1) is 8.34. The number of ketones is 2. The van der Waals surface area contributed by atoms with Crippen LogP contribution < -0.4 is 0 Å². The molecule has 0 saturated heterocycles. The molecule has 0 spiro atoms. The van der Waals surface area contributed by atoms with Crippen LogP contribution in [0.4, 0.5) is 0 Å². The minimum Gasteiger partial charge on any atom is -0.299 e. The van der Waals surface area contributed by atoms with Crippen molar-refractivity contribution in [3.05, 3.63) is 11.3 Å². The highest BCUT2D eigenvalue weighted by Gasteiger charge is 2.24. The van der Waals surface area contributed by atoms with E-state index in [1.807, 2.05) is 6.08 Å². The van der Waals surface area contributed by atoms with Crippen LogP contribution in [0.5, 0.6) is 0 Å². The Labute approximate surface area is 119 Å². The second-order valence-electron chi connectivity index (χ2n) is 7.03. The van der Waals surface area contributed by atoms with E-state index in [-0.39, 0.29) is 11.6 Å². The van der Waals surface area contributed by atoms with Gasteiger partial charge in [-0.1, -0.05) is 51.3 Å². The molecule has 0 heterocycles. The van der Waals surface area contributed by atoms with Crippen LogP contribution in [-0.2, 0) is 9.59 Å². The van der Waals surface area contributed by atoms with E-state index in [4.69, 9.17) is 0 Å². The standard InChI is InChI=1S/C15H26O2Si2/c1-12(16)15(13(2)17)11-14(19(6,7)8)9-10-18(3,4)5/h11,15H,1-8H3/b14-11+. The number of Topliss-reactive ketones (excluding diaryl/α,β-unsaturated/α-hetero) is 2. The molecule has 0 aliphatic carbocycles. The van der Waals surface area contributed by atoms with Gasteiger partial charge in [-0.2, -0.15) is 0 Å². The molecule has 0 radical (unpaired) electrons. The van der Waals surface area contributed by atoms with Crippen molar-refractivity contribution in [3.8, 4) is 11.5 Å². The van der Waals surface area contributed by atoms with E-state index >= 15 is 0 Å². The highest BCUT2D eigenvalue weighted by molar-refractivity contribution is 6.86. The van der Waals surface area contributed by atoms with Crippen molar-refractivity contribution < 1.29 is 9.59 Å². The fourth-order valence-corrected chi connectivity index (χ4v) is 3.16. The smallest absolute Gasteiger partial charge is 0.144 e. The van der Waals surface area contributed by atoms with Crippen LogP contribution >= 0.6 is 0 Å². The molecule has 0 atom stereocenters. The van der Waals surface area contributed by atoms with Gasteiger partial charge in [0.05, 0.1) is 14.0 Å². The first-order valence-electron chi connectivity index (χ1n) is 6.61. The number of hydrogen-bond acceptors (Lipinski definition) is 2. The Hall–Kier alpha value is -0.926. The number of hydrogen-bond donors (Lipinski definition) is 0. The Morgan fingerprint density at radius 2 is 1.37 bits per heavy atom. The third-order valence-corrected chi connectivity index (χ3v) is 5.37. The van der Waals surface area contributed by atoms with Gasteiger partial charge >= 0.3 is 0 Å². The number of rotatable bonds is 4. The molecule has 0 saturated carbocycles. The zero-order valence-electron chi connectivity index (χ0n) is 13.5. The SMILES string of the molecule is CC(=O)C(/C=C(\C#C[Si](C)(C)C)[Si](C)(C)C)C(C)=O. The van der Waals surface area contributed by atoms with E-state index in [9.17, 15) is 9.59 Å². The van der Waals surface area contributed by atoms with Crippen molar-refractivity contribution in [1.82, 2.24) is 0 Å². The lowest BCUT2D eigenvalue weighted by Crippen LogP contribution is -2.27. The summed E-state index contributed by atoms with van der Waals surface area (Å²) in [7, 11) is -3.09. The monoisotopic (exact) mass is 294 g/mol. The van der Waals surface area contributed by atoms with Crippen LogP contribution in [0, 0.1) is 17.4 Å². The van der Waals surface area contributed by atoms with Gasteiger partial charge in [-0.15, -0.1) is 5.54 Å². The van der Waals surface area contributed by atoms with Crippen molar-refractivity contribution in [2.24, 2.45) is 5.92 Å². The van der Waals surface area contributed by atoms with Crippen LogP contribution in [-0.4, -0.2) is 27.7 Å². The molecular formula is C15H26O2Si2. The van der Waals surface area contributed by atoms with Crippen molar-refractivity contribution in [1.29, 1.82) is 0 Å². The predicted octanol–water partition coefficient (Wildman–Crippen LogP) is 3.47. The Bertz CT molecular complexity index is 437. The molecule has 19 heavy (non-hydrogen) atoms. The van der Waals surface area contributed by atoms with Gasteiger partial charge in [-0.05, 0) is 19.0 Å². The Morgan fingerprint density at radius 1 is 0.947 bits per heavy atom. The van der Waals surface area contributed by atoms with E-state index in [0.29, 0.717) is 0 Å². The topological polar surface area (TPSA) is 34.1 Å². The van der Waals surface area contributed by atoms with Gasteiger partial charge in [0.2, 0.25) is 0 Å². The van der Waals surface area contributed by atoms with E-state index in [1.54, 1.807) is 0 Å². The Balaban J connectivity index is 5.67. The van der Waals surface area contributed by atoms with Gasteiger partial charge in [0.15, 0.2) is 0 Å². The minimum absolute atomic E-state index is 0.0990. The highest BCUT2D eigenvalue weighted by Crippen LogP contribution is 2.18. The van der Waals surface area contributed by atoms with Gasteiger partial charge in [0.1, 0.15) is 19.6 Å². The summed E-state index contributed by atoms with van der Waals surface area (Å²) in [6, 6.07) is 0. The zero-order valence-corrected chi connectivity index (χ0v) is 15.5. The van der Waals surface area contributed by atoms with Gasteiger partial charge in [0, 0.05) is 0 Å². The Morgan fingerprint density at radius 3 is 1.63 bits per heavy atom. The van der Waals surface area contributed by atoms with Crippen molar-refractivity contribution >= 4 is 27.7 Å². The zero-order chi connectivity index (χ0) is 15.4. The fourth-order valence-electron chi connectivity index (χ4n) is 1.42. The van der Waals surface area contributed by atoms with Crippen LogP contribution in [0.2, 0.25) is 39.3 Å². The summed E-state index contributed by atoms with van der Waals surface area (Å²) in [4.78, 5) is 23.1. The van der Waals surface area contributed by atoms with Crippen LogP contribution in [0.1, 0.15) is 13.8 Å². The summed E-state index contributed by atoms with van der Waals surface area (Å²) in [6.07, 6.45) is 1.81. The van der Waals surface area contributed by atoms with Gasteiger partial charge < -0.3 is 0 Å². The van der Waals surface area contributed by atoms with Crippen LogP contribution in [0.25, 0.3) is 0 Å². The maximum absolute atomic E-state index is 11.6.